The third kappa shape index (κ3) is 4.84. The summed E-state index contributed by atoms with van der Waals surface area (Å²) in [4.78, 5) is 13.9. The Morgan fingerprint density at radius 3 is 2.75 bits per heavy atom. The van der Waals surface area contributed by atoms with Crippen LogP contribution in [0.25, 0.3) is 0 Å². The van der Waals surface area contributed by atoms with Crippen molar-refractivity contribution in [1.82, 2.24) is 0 Å². The number of hydrogen-bond donors (Lipinski definition) is 2. The molecular weight excluding hydrogens is 268 g/mol. The average molecular weight is 293 g/mol. The lowest BCUT2D eigenvalue weighted by molar-refractivity contribution is -0.911. The van der Waals surface area contributed by atoms with Crippen molar-refractivity contribution in [2.24, 2.45) is 0 Å². The van der Waals surface area contributed by atoms with Crippen molar-refractivity contribution in [1.29, 1.82) is 0 Å². The fourth-order valence-electron chi connectivity index (χ4n) is 2.79. The highest BCUT2D eigenvalue weighted by molar-refractivity contribution is 7.99. The van der Waals surface area contributed by atoms with Crippen molar-refractivity contribution in [3.05, 3.63) is 24.3 Å². The van der Waals surface area contributed by atoms with Gasteiger partial charge in [-0.25, -0.2) is 0 Å². The molecule has 1 saturated heterocycles. The largest absolute Gasteiger partial charge is 0.335 e. The predicted octanol–water partition coefficient (Wildman–Crippen LogP) is 2.19. The maximum Gasteiger partial charge on any atom is 0.221 e. The maximum absolute atomic E-state index is 11.0. The number of anilines is 1. The first-order valence-corrected chi connectivity index (χ1v) is 8.46. The van der Waals surface area contributed by atoms with E-state index in [0.29, 0.717) is 0 Å². The van der Waals surface area contributed by atoms with Crippen LogP contribution < -0.4 is 10.2 Å². The third-order valence-corrected chi connectivity index (χ3v) is 5.03. The van der Waals surface area contributed by atoms with Crippen LogP contribution in [0.2, 0.25) is 0 Å². The van der Waals surface area contributed by atoms with Gasteiger partial charge in [-0.1, -0.05) is 0 Å². The molecule has 1 unspecified atom stereocenters. The minimum atomic E-state index is -0.0197. The molecule has 0 aromatic heterocycles. The van der Waals surface area contributed by atoms with Crippen molar-refractivity contribution in [3.8, 4) is 0 Å². The SMILES string of the molecule is CC(=O)Nc1ccc(SCC[C@H]2CCCC[NH+]2C)cc1. The molecule has 4 heteroatoms. The Hall–Kier alpha value is -1.00. The Labute approximate surface area is 126 Å². The number of piperidine rings is 1. The first-order chi connectivity index (χ1) is 9.65. The fourth-order valence-corrected chi connectivity index (χ4v) is 3.76. The van der Waals surface area contributed by atoms with E-state index in [9.17, 15) is 4.79 Å². The van der Waals surface area contributed by atoms with Gasteiger partial charge in [-0.2, -0.15) is 0 Å². The van der Waals surface area contributed by atoms with Crippen LogP contribution in [-0.2, 0) is 4.79 Å². The monoisotopic (exact) mass is 293 g/mol. The molecule has 1 fully saturated rings. The van der Waals surface area contributed by atoms with E-state index in [4.69, 9.17) is 0 Å². The molecule has 0 radical (unpaired) electrons. The summed E-state index contributed by atoms with van der Waals surface area (Å²) in [6.45, 7) is 2.87. The Kier molecular flexibility index (Phi) is 5.92. The summed E-state index contributed by atoms with van der Waals surface area (Å²) < 4.78 is 0. The first-order valence-electron chi connectivity index (χ1n) is 7.48. The van der Waals surface area contributed by atoms with Gasteiger partial charge in [-0.3, -0.25) is 4.79 Å². The molecule has 2 atom stereocenters. The van der Waals surface area contributed by atoms with Gasteiger partial charge in [0.05, 0.1) is 19.6 Å². The van der Waals surface area contributed by atoms with Gasteiger partial charge in [0.15, 0.2) is 0 Å². The number of thioether (sulfide) groups is 1. The number of amides is 1. The van der Waals surface area contributed by atoms with Gasteiger partial charge in [0, 0.05) is 29.7 Å². The van der Waals surface area contributed by atoms with Gasteiger partial charge in [0.25, 0.3) is 0 Å². The van der Waals surface area contributed by atoms with E-state index in [2.05, 4.69) is 24.5 Å². The average Bonchev–Trinajstić information content (AvgIpc) is 2.42. The van der Waals surface area contributed by atoms with E-state index in [-0.39, 0.29) is 5.91 Å². The third-order valence-electron chi connectivity index (χ3n) is 3.98. The summed E-state index contributed by atoms with van der Waals surface area (Å²) in [6, 6.07) is 8.97. The van der Waals surface area contributed by atoms with Crippen LogP contribution in [0.4, 0.5) is 5.69 Å². The lowest BCUT2D eigenvalue weighted by Gasteiger charge is -2.29. The topological polar surface area (TPSA) is 33.5 Å². The van der Waals surface area contributed by atoms with E-state index >= 15 is 0 Å². The van der Waals surface area contributed by atoms with Gasteiger partial charge in [0.1, 0.15) is 0 Å². The molecule has 0 aliphatic carbocycles. The van der Waals surface area contributed by atoms with E-state index in [1.54, 1.807) is 4.90 Å². The molecule has 110 valence electrons. The summed E-state index contributed by atoms with van der Waals surface area (Å²) in [5.74, 6) is 1.16. The summed E-state index contributed by atoms with van der Waals surface area (Å²) in [5, 5.41) is 2.79. The van der Waals surface area contributed by atoms with E-state index in [1.165, 1.54) is 49.8 Å². The number of likely N-dealkylation sites (tertiary alicyclic amines) is 1. The van der Waals surface area contributed by atoms with Crippen molar-refractivity contribution >= 4 is 23.4 Å². The van der Waals surface area contributed by atoms with Gasteiger partial charge >= 0.3 is 0 Å². The Morgan fingerprint density at radius 2 is 2.10 bits per heavy atom. The van der Waals surface area contributed by atoms with Crippen LogP contribution in [0.15, 0.2) is 29.2 Å². The molecule has 1 aliphatic rings. The molecule has 2 rings (SSSR count). The number of hydrogen-bond acceptors (Lipinski definition) is 2. The maximum atomic E-state index is 11.0. The predicted molar refractivity (Wildman–Crippen MR) is 85.5 cm³/mol. The van der Waals surface area contributed by atoms with Crippen molar-refractivity contribution in [3.63, 3.8) is 0 Å². The lowest BCUT2D eigenvalue weighted by atomic mass is 10.0. The number of rotatable bonds is 5. The molecule has 1 aliphatic heterocycles. The summed E-state index contributed by atoms with van der Waals surface area (Å²) in [7, 11) is 2.33. The van der Waals surface area contributed by atoms with Crippen LogP contribution in [-0.4, -0.2) is 31.3 Å². The molecule has 20 heavy (non-hydrogen) atoms. The zero-order valence-electron chi connectivity index (χ0n) is 12.4. The number of quaternary nitrogens is 1. The molecule has 1 heterocycles. The van der Waals surface area contributed by atoms with Gasteiger partial charge in [0.2, 0.25) is 5.91 Å². The van der Waals surface area contributed by atoms with Crippen molar-refractivity contribution < 1.29 is 9.69 Å². The lowest BCUT2D eigenvalue weighted by Crippen LogP contribution is -3.13. The highest BCUT2D eigenvalue weighted by atomic mass is 32.2. The molecule has 1 aromatic carbocycles. The fraction of sp³-hybridized carbons (Fsp3) is 0.562. The molecule has 0 spiro atoms. The van der Waals surface area contributed by atoms with Crippen LogP contribution in [0, 0.1) is 0 Å². The second-order valence-electron chi connectivity index (χ2n) is 5.63. The number of carbonyl (C=O) groups excluding carboxylic acids is 1. The summed E-state index contributed by atoms with van der Waals surface area (Å²) >= 11 is 1.92. The molecular formula is C16H25N2OS+. The van der Waals surface area contributed by atoms with E-state index in [1.807, 2.05) is 23.9 Å². The highest BCUT2D eigenvalue weighted by Gasteiger charge is 2.21. The molecule has 1 aromatic rings. The van der Waals surface area contributed by atoms with E-state index < -0.39 is 0 Å². The zero-order valence-corrected chi connectivity index (χ0v) is 13.3. The van der Waals surface area contributed by atoms with Crippen LogP contribution in [0.1, 0.15) is 32.6 Å². The van der Waals surface area contributed by atoms with Crippen LogP contribution in [0.5, 0.6) is 0 Å². The Morgan fingerprint density at radius 1 is 1.35 bits per heavy atom. The number of benzene rings is 1. The standard InChI is InChI=1S/C16H24N2OS/c1-13(19)17-14-6-8-16(9-7-14)20-12-10-15-5-3-4-11-18(15)2/h6-9,15H,3-5,10-12H2,1-2H3,(H,17,19)/p+1/t15-/m1/s1. The minimum Gasteiger partial charge on any atom is -0.335 e. The zero-order chi connectivity index (χ0) is 14.4. The molecule has 0 bridgehead atoms. The highest BCUT2D eigenvalue weighted by Crippen LogP contribution is 2.22. The quantitative estimate of drug-likeness (QED) is 0.816. The molecule has 2 N–H and O–H groups in total. The summed E-state index contributed by atoms with van der Waals surface area (Å²) in [6.07, 6.45) is 5.47. The summed E-state index contributed by atoms with van der Waals surface area (Å²) in [5.41, 5.74) is 0.873. The second kappa shape index (κ2) is 7.70. The van der Waals surface area contributed by atoms with Crippen molar-refractivity contribution in [2.75, 3.05) is 24.7 Å². The molecule has 3 nitrogen and oxygen atoms in total. The van der Waals surface area contributed by atoms with Crippen LogP contribution >= 0.6 is 11.8 Å². The van der Waals surface area contributed by atoms with Gasteiger partial charge in [-0.05, 0) is 43.5 Å². The first kappa shape index (κ1) is 15.4. The minimum absolute atomic E-state index is 0.0197. The number of nitrogens with one attached hydrogen (secondary N) is 2. The number of carbonyl (C=O) groups is 1. The normalized spacial score (nSPS) is 22.5. The molecule has 0 saturated carbocycles. The van der Waals surface area contributed by atoms with E-state index in [0.717, 1.165) is 11.7 Å². The molecule has 1 amide bonds. The second-order valence-corrected chi connectivity index (χ2v) is 6.80. The van der Waals surface area contributed by atoms with Crippen LogP contribution in [0.3, 0.4) is 0 Å². The van der Waals surface area contributed by atoms with Gasteiger partial charge < -0.3 is 10.2 Å². The van der Waals surface area contributed by atoms with Crippen molar-refractivity contribution in [2.45, 2.75) is 43.5 Å². The Bertz CT molecular complexity index is 433. The smallest absolute Gasteiger partial charge is 0.221 e. The van der Waals surface area contributed by atoms with Gasteiger partial charge in [-0.15, -0.1) is 11.8 Å². The Balaban J connectivity index is 1.74.